The lowest BCUT2D eigenvalue weighted by Gasteiger charge is -2.32. The number of halogens is 3. The molecule has 0 spiro atoms. The highest BCUT2D eigenvalue weighted by Gasteiger charge is 2.41. The van der Waals surface area contributed by atoms with Crippen LogP contribution in [0.15, 0.2) is 41.3 Å². The van der Waals surface area contributed by atoms with Gasteiger partial charge in [0.2, 0.25) is 0 Å². The van der Waals surface area contributed by atoms with Crippen molar-refractivity contribution < 1.29 is 47.8 Å². The maximum absolute atomic E-state index is 13.5. The van der Waals surface area contributed by atoms with Gasteiger partial charge in [-0.05, 0) is 31.7 Å². The fourth-order valence-electron chi connectivity index (χ4n) is 5.22. The number of nitrogens with one attached hydrogen (secondary N) is 1. The van der Waals surface area contributed by atoms with E-state index in [-0.39, 0.29) is 53.3 Å². The summed E-state index contributed by atoms with van der Waals surface area (Å²) >= 11 is 0. The molecule has 4 heterocycles. The Hall–Kier alpha value is -3.90. The second-order valence-corrected chi connectivity index (χ2v) is 11.1. The van der Waals surface area contributed by atoms with Crippen LogP contribution in [-0.2, 0) is 22.3 Å². The molecule has 1 fully saturated rings. The van der Waals surface area contributed by atoms with Gasteiger partial charge in [-0.25, -0.2) is 19.9 Å². The summed E-state index contributed by atoms with van der Waals surface area (Å²) in [4.78, 5) is 16.9. The second-order valence-electron chi connectivity index (χ2n) is 11.1. The summed E-state index contributed by atoms with van der Waals surface area (Å²) in [5, 5.41) is 45.3. The predicted molar refractivity (Wildman–Crippen MR) is 155 cm³/mol. The lowest BCUT2D eigenvalue weighted by Crippen LogP contribution is -2.38. The van der Waals surface area contributed by atoms with Crippen LogP contribution in [0.3, 0.4) is 0 Å². The first-order valence-electron chi connectivity index (χ1n) is 13.8. The average molecular weight is 634 g/mol. The quantitative estimate of drug-likeness (QED) is 0.191. The summed E-state index contributed by atoms with van der Waals surface area (Å²) in [6.45, 7) is 1.15. The van der Waals surface area contributed by atoms with Gasteiger partial charge in [0.15, 0.2) is 52.8 Å². The normalized spacial score (nSPS) is 22.1. The van der Waals surface area contributed by atoms with E-state index < -0.39 is 40.9 Å². The van der Waals surface area contributed by atoms with Crippen LogP contribution in [0.25, 0.3) is 17.0 Å². The summed E-state index contributed by atoms with van der Waals surface area (Å²) < 4.78 is 58.2. The molecule has 6 radical (unpaired) electrons. The number of hydrogen-bond donors (Lipinski definition) is 5. The fraction of sp³-hybridized carbons (Fsp3) is 0.407. The third-order valence-corrected chi connectivity index (χ3v) is 7.42. The van der Waals surface area contributed by atoms with Gasteiger partial charge in [-0.1, -0.05) is 12.1 Å². The zero-order valence-corrected chi connectivity index (χ0v) is 24.1. The Labute approximate surface area is 263 Å². The van der Waals surface area contributed by atoms with Crippen LogP contribution >= 0.6 is 0 Å². The number of fused-ring (bicyclic) bond motifs is 5. The molecular formula is C27H24B3F3N6O7. The molecule has 2 unspecified atom stereocenters. The second kappa shape index (κ2) is 11.1. The molecule has 0 amide bonds. The van der Waals surface area contributed by atoms with Crippen molar-refractivity contribution in [1.82, 2.24) is 24.8 Å². The number of hydrogen-bond acceptors (Lipinski definition) is 12. The first-order valence-corrected chi connectivity index (χ1v) is 13.8. The topological polar surface area (TPSA) is 177 Å². The molecule has 19 heteroatoms. The molecule has 234 valence electrons. The number of nitrogens with zero attached hydrogens (tertiary/aromatic N) is 5. The Balaban J connectivity index is 1.54. The minimum absolute atomic E-state index is 0.0119. The number of aromatic nitrogens is 4. The van der Waals surface area contributed by atoms with E-state index >= 15 is 0 Å². The van der Waals surface area contributed by atoms with Gasteiger partial charge in [0.25, 0.3) is 0 Å². The Bertz CT molecular complexity index is 1730. The number of allylic oxidation sites excluding steroid dienone is 1. The van der Waals surface area contributed by atoms with E-state index in [0.717, 1.165) is 24.7 Å². The molecule has 1 aliphatic carbocycles. The van der Waals surface area contributed by atoms with Crippen molar-refractivity contribution in [3.05, 3.63) is 59.1 Å². The zero-order valence-electron chi connectivity index (χ0n) is 24.1. The van der Waals surface area contributed by atoms with E-state index in [4.69, 9.17) is 37.7 Å². The minimum Gasteiger partial charge on any atom is -0.491 e. The molecule has 2 aliphatic heterocycles. The van der Waals surface area contributed by atoms with E-state index in [1.807, 2.05) is 0 Å². The highest BCUT2D eigenvalue weighted by Crippen LogP contribution is 2.44. The molecule has 1 aromatic carbocycles. The third kappa shape index (κ3) is 6.24. The van der Waals surface area contributed by atoms with Crippen LogP contribution in [0.1, 0.15) is 42.5 Å². The SMILES string of the molecule is [B]C([B])(O)Oc1cnc2nc1C(C)(O)c1ccc(-c3nc(C(F)(F)F)cn3C([B])(O)O)cc1OCCOC1N=CNC(C3CC3)=C21. The highest BCUT2D eigenvalue weighted by atomic mass is 19.4. The summed E-state index contributed by atoms with van der Waals surface area (Å²) in [5.74, 6) is -3.96. The summed E-state index contributed by atoms with van der Waals surface area (Å²) in [6, 6.07) is 3.76. The molecule has 3 aromatic rings. The summed E-state index contributed by atoms with van der Waals surface area (Å²) in [7, 11) is 16.3. The number of imidazole rings is 1. The van der Waals surface area contributed by atoms with E-state index in [1.165, 1.54) is 31.5 Å². The zero-order chi connectivity index (χ0) is 33.2. The maximum atomic E-state index is 13.5. The van der Waals surface area contributed by atoms with Crippen molar-refractivity contribution in [2.24, 2.45) is 10.9 Å². The first-order chi connectivity index (χ1) is 21.4. The van der Waals surface area contributed by atoms with Gasteiger partial charge in [0, 0.05) is 23.0 Å². The largest absolute Gasteiger partial charge is 0.491 e. The molecule has 5 N–H and O–H groups in total. The van der Waals surface area contributed by atoms with Crippen molar-refractivity contribution in [3.63, 3.8) is 0 Å². The van der Waals surface area contributed by atoms with E-state index in [9.17, 15) is 33.6 Å². The summed E-state index contributed by atoms with van der Waals surface area (Å²) in [5.41, 5.74) is -5.31. The van der Waals surface area contributed by atoms with Crippen LogP contribution in [0.2, 0.25) is 0 Å². The molecule has 0 saturated heterocycles. The Morgan fingerprint density at radius 3 is 2.50 bits per heavy atom. The number of aliphatic hydroxyl groups is 4. The monoisotopic (exact) mass is 634 g/mol. The van der Waals surface area contributed by atoms with Crippen LogP contribution in [0, 0.1) is 5.92 Å². The van der Waals surface area contributed by atoms with E-state index in [2.05, 4.69) is 25.3 Å². The molecule has 6 rings (SSSR count). The minimum atomic E-state index is -4.95. The van der Waals surface area contributed by atoms with Crippen molar-refractivity contribution >= 4 is 35.5 Å². The molecule has 1 saturated carbocycles. The van der Waals surface area contributed by atoms with Gasteiger partial charge >= 0.3 is 6.18 Å². The Morgan fingerprint density at radius 2 is 1.85 bits per heavy atom. The van der Waals surface area contributed by atoms with Gasteiger partial charge in [-0.2, -0.15) is 13.2 Å². The molecule has 3 aliphatic rings. The van der Waals surface area contributed by atoms with Gasteiger partial charge in [-0.15, -0.1) is 0 Å². The van der Waals surface area contributed by atoms with Gasteiger partial charge in [0.1, 0.15) is 35.1 Å². The van der Waals surface area contributed by atoms with Crippen LogP contribution in [-0.4, -0.2) is 94.8 Å². The number of alkyl halides is 3. The highest BCUT2D eigenvalue weighted by molar-refractivity contribution is 6.37. The smallest absolute Gasteiger partial charge is 0.434 e. The van der Waals surface area contributed by atoms with Gasteiger partial charge in [0.05, 0.1) is 24.7 Å². The lowest BCUT2D eigenvalue weighted by molar-refractivity contribution is -0.153. The standard InChI is InChI=1S/C27H24B3F3N6O7/c1-24(40)14-5-4-13(22-37-17(25(31,32)33)10-39(22)27(30,42)43)8-15(14)44-6-7-45-23-18(19(12-2-3-12)35-11-36-23)21-34-9-16(20(24)38-21)46-26(28,29)41/h4-5,8-12,23,40-43H,2-3,6-7H2,1H3,(H,35,36). The molecule has 2 aromatic heterocycles. The van der Waals surface area contributed by atoms with E-state index in [1.54, 1.807) is 0 Å². The van der Waals surface area contributed by atoms with Crippen LogP contribution in [0.5, 0.6) is 11.5 Å². The Kier molecular flexibility index (Phi) is 7.75. The first kappa shape index (κ1) is 32.1. The number of benzene rings is 1. The lowest BCUT2D eigenvalue weighted by atomic mass is 9.76. The van der Waals surface area contributed by atoms with Crippen molar-refractivity contribution in [3.8, 4) is 22.9 Å². The van der Waals surface area contributed by atoms with Crippen molar-refractivity contribution in [1.29, 1.82) is 0 Å². The van der Waals surface area contributed by atoms with Gasteiger partial charge in [-0.3, -0.25) is 4.57 Å². The maximum Gasteiger partial charge on any atom is 0.434 e. The average Bonchev–Trinajstić information content (AvgIpc) is 3.68. The number of aliphatic imine (C=N–C) groups is 1. The summed E-state index contributed by atoms with van der Waals surface area (Å²) in [6.07, 6.45) is -1.02. The van der Waals surface area contributed by atoms with Gasteiger partial charge < -0.3 is 40.0 Å². The van der Waals surface area contributed by atoms with E-state index in [0.29, 0.717) is 16.3 Å². The number of rotatable bonds is 5. The van der Waals surface area contributed by atoms with Crippen molar-refractivity contribution in [2.75, 3.05) is 13.2 Å². The Morgan fingerprint density at radius 1 is 1.11 bits per heavy atom. The predicted octanol–water partition coefficient (Wildman–Crippen LogP) is 0.143. The molecule has 2 bridgehead atoms. The fourth-order valence-corrected chi connectivity index (χ4v) is 5.22. The van der Waals surface area contributed by atoms with Crippen LogP contribution in [0.4, 0.5) is 13.2 Å². The molecule has 46 heavy (non-hydrogen) atoms. The van der Waals surface area contributed by atoms with Crippen LogP contribution < -0.4 is 14.8 Å². The molecule has 13 nitrogen and oxygen atoms in total. The molecular weight excluding hydrogens is 610 g/mol. The van der Waals surface area contributed by atoms with Crippen molar-refractivity contribution in [2.45, 2.75) is 49.2 Å². The molecule has 2 atom stereocenters. The number of ether oxygens (including phenoxy) is 3. The third-order valence-electron chi connectivity index (χ3n) is 7.42.